The molecular formula is C6H7BrN2. The zero-order valence-corrected chi connectivity index (χ0v) is 6.64. The second kappa shape index (κ2) is 2.82. The van der Waals surface area contributed by atoms with Gasteiger partial charge >= 0.3 is 0 Å². The second-order valence-corrected chi connectivity index (χ2v) is 2.27. The van der Waals surface area contributed by atoms with Crippen molar-refractivity contribution in [3.63, 3.8) is 0 Å². The minimum Gasteiger partial charge on any atom is -0.343 e. The summed E-state index contributed by atoms with van der Waals surface area (Å²) in [7, 11) is 0. The quantitative estimate of drug-likeness (QED) is 0.716. The number of aromatic amines is 1. The molecule has 0 aromatic carbocycles. The standard InChI is InChI=1S/C6H7BrN2/c1-5-4-8-6(9-5)2-3-7/h2-4H,1H3,(H,8,9)/b3-2+. The first kappa shape index (κ1) is 6.55. The van der Waals surface area contributed by atoms with Crippen molar-refractivity contribution in [1.82, 2.24) is 9.97 Å². The van der Waals surface area contributed by atoms with Crippen molar-refractivity contribution in [2.24, 2.45) is 0 Å². The molecular weight excluding hydrogens is 180 g/mol. The second-order valence-electron chi connectivity index (χ2n) is 1.74. The van der Waals surface area contributed by atoms with E-state index in [1.54, 1.807) is 11.2 Å². The molecule has 0 aliphatic rings. The number of nitrogens with one attached hydrogen (secondary N) is 1. The molecule has 0 aliphatic heterocycles. The molecule has 0 spiro atoms. The molecule has 0 aliphatic carbocycles. The van der Waals surface area contributed by atoms with Crippen LogP contribution in [0.3, 0.4) is 0 Å². The molecule has 1 aromatic rings. The topological polar surface area (TPSA) is 28.7 Å². The number of imidazole rings is 1. The van der Waals surface area contributed by atoms with Crippen LogP contribution in [0, 0.1) is 6.92 Å². The summed E-state index contributed by atoms with van der Waals surface area (Å²) < 4.78 is 0. The summed E-state index contributed by atoms with van der Waals surface area (Å²) in [4.78, 5) is 8.85. The van der Waals surface area contributed by atoms with Gasteiger partial charge in [-0.2, -0.15) is 0 Å². The van der Waals surface area contributed by atoms with Crippen LogP contribution < -0.4 is 0 Å². The van der Waals surface area contributed by atoms with Crippen molar-refractivity contribution in [1.29, 1.82) is 0 Å². The Hall–Kier alpha value is -0.570. The van der Waals surface area contributed by atoms with Crippen LogP contribution in [0.15, 0.2) is 11.2 Å². The third-order valence-electron chi connectivity index (χ3n) is 0.943. The van der Waals surface area contributed by atoms with Crippen molar-refractivity contribution in [3.8, 4) is 0 Å². The predicted octanol–water partition coefficient (Wildman–Crippen LogP) is 2.08. The van der Waals surface area contributed by atoms with Crippen LogP contribution in [0.4, 0.5) is 0 Å². The highest BCUT2D eigenvalue weighted by Gasteiger charge is 1.87. The van der Waals surface area contributed by atoms with Gasteiger partial charge in [0.05, 0.1) is 0 Å². The number of H-pyrrole nitrogens is 1. The summed E-state index contributed by atoms with van der Waals surface area (Å²) in [6.07, 6.45) is 3.65. The largest absolute Gasteiger partial charge is 0.343 e. The van der Waals surface area contributed by atoms with Gasteiger partial charge in [0.15, 0.2) is 0 Å². The Morgan fingerprint density at radius 2 is 2.56 bits per heavy atom. The number of hydrogen-bond acceptors (Lipinski definition) is 1. The Labute approximate surface area is 62.1 Å². The van der Waals surface area contributed by atoms with Gasteiger partial charge in [-0.3, -0.25) is 0 Å². The SMILES string of the molecule is Cc1cnc(/C=C/Br)[nH]1. The fourth-order valence-corrected chi connectivity index (χ4v) is 0.828. The highest BCUT2D eigenvalue weighted by atomic mass is 79.9. The zero-order valence-electron chi connectivity index (χ0n) is 5.06. The lowest BCUT2D eigenvalue weighted by molar-refractivity contribution is 1.22. The fraction of sp³-hybridized carbons (Fsp3) is 0.167. The van der Waals surface area contributed by atoms with Crippen LogP contribution in [-0.4, -0.2) is 9.97 Å². The lowest BCUT2D eigenvalue weighted by atomic mass is 10.6. The summed E-state index contributed by atoms with van der Waals surface area (Å²) in [6.45, 7) is 1.97. The molecule has 0 atom stereocenters. The molecule has 1 heterocycles. The molecule has 0 bridgehead atoms. The first-order chi connectivity index (χ1) is 4.33. The van der Waals surface area contributed by atoms with Gasteiger partial charge in [0, 0.05) is 11.9 Å². The van der Waals surface area contributed by atoms with Gasteiger partial charge in [-0.15, -0.1) is 0 Å². The lowest BCUT2D eigenvalue weighted by Crippen LogP contribution is -1.71. The number of nitrogens with zero attached hydrogens (tertiary/aromatic N) is 1. The van der Waals surface area contributed by atoms with Crippen LogP contribution in [0.2, 0.25) is 0 Å². The Kier molecular flexibility index (Phi) is 2.05. The molecule has 1 rings (SSSR count). The van der Waals surface area contributed by atoms with E-state index in [-0.39, 0.29) is 0 Å². The predicted molar refractivity (Wildman–Crippen MR) is 41.3 cm³/mol. The Morgan fingerprint density at radius 1 is 1.78 bits per heavy atom. The van der Waals surface area contributed by atoms with Crippen LogP contribution in [0.5, 0.6) is 0 Å². The van der Waals surface area contributed by atoms with E-state index in [2.05, 4.69) is 25.9 Å². The molecule has 0 fully saturated rings. The average Bonchev–Trinajstić information content (AvgIpc) is 2.17. The molecule has 0 radical (unpaired) electrons. The first-order valence-corrected chi connectivity index (χ1v) is 3.53. The van der Waals surface area contributed by atoms with Gasteiger partial charge in [0.1, 0.15) is 5.82 Å². The Balaban J connectivity index is 2.85. The first-order valence-electron chi connectivity index (χ1n) is 2.61. The maximum absolute atomic E-state index is 4.03. The molecule has 3 heteroatoms. The highest BCUT2D eigenvalue weighted by Crippen LogP contribution is 1.98. The highest BCUT2D eigenvalue weighted by molar-refractivity contribution is 9.11. The van der Waals surface area contributed by atoms with Crippen molar-refractivity contribution in [3.05, 3.63) is 22.7 Å². The van der Waals surface area contributed by atoms with Gasteiger partial charge in [0.25, 0.3) is 0 Å². The van der Waals surface area contributed by atoms with Crippen LogP contribution in [-0.2, 0) is 0 Å². The van der Waals surface area contributed by atoms with E-state index in [1.165, 1.54) is 0 Å². The average molecular weight is 187 g/mol. The molecule has 2 nitrogen and oxygen atoms in total. The molecule has 1 aromatic heterocycles. The van der Waals surface area contributed by atoms with Gasteiger partial charge in [-0.05, 0) is 18.0 Å². The van der Waals surface area contributed by atoms with E-state index in [0.29, 0.717) is 0 Å². The summed E-state index contributed by atoms with van der Waals surface area (Å²) >= 11 is 3.15. The van der Waals surface area contributed by atoms with Crippen LogP contribution >= 0.6 is 15.9 Å². The third-order valence-corrected chi connectivity index (χ3v) is 1.21. The monoisotopic (exact) mass is 186 g/mol. The smallest absolute Gasteiger partial charge is 0.130 e. The van der Waals surface area contributed by atoms with Gasteiger partial charge < -0.3 is 4.98 Å². The van der Waals surface area contributed by atoms with Gasteiger partial charge in [-0.1, -0.05) is 15.9 Å². The zero-order chi connectivity index (χ0) is 6.69. The summed E-state index contributed by atoms with van der Waals surface area (Å²) in [5, 5.41) is 0. The molecule has 0 saturated carbocycles. The minimum atomic E-state index is 0.879. The minimum absolute atomic E-state index is 0.879. The summed E-state index contributed by atoms with van der Waals surface area (Å²) in [6, 6.07) is 0. The van der Waals surface area contributed by atoms with Crippen LogP contribution in [0.1, 0.15) is 11.5 Å². The maximum Gasteiger partial charge on any atom is 0.130 e. The van der Waals surface area contributed by atoms with Gasteiger partial charge in [-0.25, -0.2) is 4.98 Å². The summed E-state index contributed by atoms with van der Waals surface area (Å²) in [5.74, 6) is 0.879. The normalized spacial score (nSPS) is 10.9. The molecule has 0 unspecified atom stereocenters. The van der Waals surface area contributed by atoms with E-state index in [0.717, 1.165) is 11.5 Å². The van der Waals surface area contributed by atoms with Crippen LogP contribution in [0.25, 0.3) is 6.08 Å². The van der Waals surface area contributed by atoms with E-state index < -0.39 is 0 Å². The number of rotatable bonds is 1. The fourth-order valence-electron chi connectivity index (χ4n) is 0.577. The molecule has 1 N–H and O–H groups in total. The Bertz CT molecular complexity index is 215. The molecule has 48 valence electrons. The van der Waals surface area contributed by atoms with Crippen molar-refractivity contribution in [2.75, 3.05) is 0 Å². The summed E-state index contributed by atoms with van der Waals surface area (Å²) in [5.41, 5.74) is 1.08. The number of halogens is 1. The van der Waals surface area contributed by atoms with Crippen molar-refractivity contribution in [2.45, 2.75) is 6.92 Å². The van der Waals surface area contributed by atoms with Crippen molar-refractivity contribution >= 4 is 22.0 Å². The number of hydrogen-bond donors (Lipinski definition) is 1. The lowest BCUT2D eigenvalue weighted by Gasteiger charge is -1.78. The third kappa shape index (κ3) is 1.68. The van der Waals surface area contributed by atoms with Crippen molar-refractivity contribution < 1.29 is 0 Å². The molecule has 9 heavy (non-hydrogen) atoms. The molecule has 0 saturated heterocycles. The maximum atomic E-state index is 4.03. The molecule has 0 amide bonds. The van der Waals surface area contributed by atoms with Gasteiger partial charge in [0.2, 0.25) is 0 Å². The number of aromatic nitrogens is 2. The van der Waals surface area contributed by atoms with E-state index in [1.807, 2.05) is 13.0 Å². The number of aryl methyl sites for hydroxylation is 1. The van der Waals surface area contributed by atoms with E-state index >= 15 is 0 Å². The van der Waals surface area contributed by atoms with E-state index in [9.17, 15) is 0 Å². The Morgan fingerprint density at radius 3 is 3.00 bits per heavy atom. The van der Waals surface area contributed by atoms with E-state index in [4.69, 9.17) is 0 Å².